The molecule has 4 aromatic rings. The van der Waals surface area contributed by atoms with Crippen molar-refractivity contribution >= 4 is 28.5 Å². The molecule has 0 saturated heterocycles. The molecule has 1 aliphatic rings. The molecule has 0 spiro atoms. The summed E-state index contributed by atoms with van der Waals surface area (Å²) in [6.45, 7) is 3.26. The average Bonchev–Trinajstić information content (AvgIpc) is 3.86. The highest BCUT2D eigenvalue weighted by Gasteiger charge is 2.37. The number of pyridine rings is 1. The Morgan fingerprint density at radius 2 is 1.60 bits per heavy atom. The lowest BCUT2D eigenvalue weighted by Gasteiger charge is -2.30. The molecule has 1 aliphatic carbocycles. The number of aliphatic carboxylic acids is 1. The van der Waals surface area contributed by atoms with Crippen LogP contribution in [0.4, 0.5) is 38.0 Å². The molecule has 0 radical (unpaired) electrons. The third-order valence-electron chi connectivity index (χ3n) is 7.85. The Kier molecular flexibility index (Phi) is 10.6. The van der Waals surface area contributed by atoms with E-state index in [0.29, 0.717) is 29.3 Å². The van der Waals surface area contributed by atoms with Crippen LogP contribution in [-0.4, -0.2) is 45.7 Å². The molecule has 1 saturated carbocycles. The van der Waals surface area contributed by atoms with Crippen LogP contribution < -0.4 is 14.5 Å². The maximum atomic E-state index is 13.8. The number of hydrogen-bond acceptors (Lipinski definition) is 7. The minimum Gasteiger partial charge on any atom is -0.490 e. The van der Waals surface area contributed by atoms with Crippen molar-refractivity contribution < 1.29 is 41.0 Å². The Balaban J connectivity index is 1.55. The smallest absolute Gasteiger partial charge is 0.416 e. The number of alkyl halides is 6. The summed E-state index contributed by atoms with van der Waals surface area (Å²) in [5.74, 6) is -0.181. The summed E-state index contributed by atoms with van der Waals surface area (Å²) < 4.78 is 88.1. The molecule has 0 atom stereocenters. The van der Waals surface area contributed by atoms with Gasteiger partial charge in [-0.3, -0.25) is 4.79 Å². The Morgan fingerprint density at radius 3 is 2.21 bits per heavy atom. The van der Waals surface area contributed by atoms with E-state index in [9.17, 15) is 31.1 Å². The summed E-state index contributed by atoms with van der Waals surface area (Å²) in [5, 5.41) is 9.74. The van der Waals surface area contributed by atoms with Crippen LogP contribution in [0, 0.1) is 5.92 Å². The monoisotopic (exact) mass is 675 g/mol. The first-order valence-corrected chi connectivity index (χ1v) is 15.6. The van der Waals surface area contributed by atoms with Crippen LogP contribution in [0.5, 0.6) is 5.75 Å². The normalized spacial score (nSPS) is 13.5. The van der Waals surface area contributed by atoms with Crippen molar-refractivity contribution in [3.8, 4) is 5.75 Å². The van der Waals surface area contributed by atoms with E-state index < -0.39 is 36.0 Å². The number of para-hydroxylation sites is 1. The number of ether oxygens (including phenoxy) is 1. The van der Waals surface area contributed by atoms with Crippen molar-refractivity contribution in [2.24, 2.45) is 5.92 Å². The molecule has 1 N–H and O–H groups in total. The molecule has 0 bridgehead atoms. The first-order chi connectivity index (χ1) is 22.8. The minimum atomic E-state index is -5.01. The van der Waals surface area contributed by atoms with Crippen molar-refractivity contribution in [2.75, 3.05) is 29.5 Å². The average molecular weight is 676 g/mol. The van der Waals surface area contributed by atoms with Crippen molar-refractivity contribution in [1.29, 1.82) is 0 Å². The number of anilines is 2. The Morgan fingerprint density at radius 1 is 0.938 bits per heavy atom. The SMILES string of the molecule is CCCN(CC1CC1)c1cc2ccccc2nc1CN(Cc1cc(C(F)(F)F)cc(C(F)(F)F)c1)c1ncc(OCCCC(=O)O)cn1. The number of hydrogen-bond donors (Lipinski definition) is 1. The number of carboxylic acid groups (broad SMARTS) is 1. The number of carboxylic acids is 1. The lowest BCUT2D eigenvalue weighted by molar-refractivity contribution is -0.143. The van der Waals surface area contributed by atoms with Crippen LogP contribution in [0.2, 0.25) is 0 Å². The summed E-state index contributed by atoms with van der Waals surface area (Å²) in [6, 6.07) is 11.0. The van der Waals surface area contributed by atoms with Gasteiger partial charge in [0.15, 0.2) is 5.75 Å². The second-order valence-corrected chi connectivity index (χ2v) is 11.9. The highest BCUT2D eigenvalue weighted by molar-refractivity contribution is 5.83. The second kappa shape index (κ2) is 14.7. The number of carbonyl (C=O) groups is 1. The predicted molar refractivity (Wildman–Crippen MR) is 168 cm³/mol. The summed E-state index contributed by atoms with van der Waals surface area (Å²) in [4.78, 5) is 28.2. The highest BCUT2D eigenvalue weighted by atomic mass is 19.4. The van der Waals surface area contributed by atoms with Gasteiger partial charge < -0.3 is 19.6 Å². The minimum absolute atomic E-state index is 0.0263. The van der Waals surface area contributed by atoms with Gasteiger partial charge in [0.05, 0.1) is 53.6 Å². The van der Waals surface area contributed by atoms with Crippen molar-refractivity contribution in [3.63, 3.8) is 0 Å². The van der Waals surface area contributed by atoms with Crippen LogP contribution in [-0.2, 0) is 30.2 Å². The van der Waals surface area contributed by atoms with E-state index >= 15 is 0 Å². The van der Waals surface area contributed by atoms with E-state index in [1.165, 1.54) is 17.3 Å². The molecule has 14 heteroatoms. The highest BCUT2D eigenvalue weighted by Crippen LogP contribution is 2.38. The van der Waals surface area contributed by atoms with Gasteiger partial charge in [0.1, 0.15) is 0 Å². The topological polar surface area (TPSA) is 91.7 Å². The molecule has 2 heterocycles. The summed E-state index contributed by atoms with van der Waals surface area (Å²) in [5.41, 5.74) is -0.985. The van der Waals surface area contributed by atoms with E-state index in [1.54, 1.807) is 0 Å². The Hall–Kier alpha value is -4.62. The molecule has 2 aromatic carbocycles. The van der Waals surface area contributed by atoms with Gasteiger partial charge in [0.25, 0.3) is 0 Å². The molecule has 0 amide bonds. The quantitative estimate of drug-likeness (QED) is 0.0998. The number of halogens is 6. The van der Waals surface area contributed by atoms with E-state index in [-0.39, 0.29) is 49.3 Å². The fraction of sp³-hybridized carbons (Fsp3) is 0.412. The number of benzene rings is 2. The molecule has 256 valence electrons. The standard InChI is InChI=1S/C34H35F6N5O3/c1-2-11-44(19-22-9-10-22)30-15-24-6-3-4-7-28(24)43-29(30)21-45(32-41-17-27(18-42-32)48-12-5-8-31(46)47)20-23-13-25(33(35,36)37)16-26(14-23)34(38,39)40/h3-4,6-7,13-18,22H,2,5,8-12,19-21H2,1H3,(H,46,47). The number of nitrogens with zero attached hydrogens (tertiary/aromatic N) is 5. The molecule has 1 fully saturated rings. The largest absolute Gasteiger partial charge is 0.490 e. The molecular weight excluding hydrogens is 640 g/mol. The molecule has 8 nitrogen and oxygen atoms in total. The molecule has 0 aliphatic heterocycles. The van der Waals surface area contributed by atoms with Gasteiger partial charge >= 0.3 is 18.3 Å². The zero-order valence-electron chi connectivity index (χ0n) is 26.2. The summed E-state index contributed by atoms with van der Waals surface area (Å²) >= 11 is 0. The number of fused-ring (bicyclic) bond motifs is 1. The van der Waals surface area contributed by atoms with Crippen molar-refractivity contribution in [3.05, 3.63) is 83.3 Å². The predicted octanol–water partition coefficient (Wildman–Crippen LogP) is 8.14. The zero-order chi connectivity index (χ0) is 34.5. The lowest BCUT2D eigenvalue weighted by atomic mass is 10.0. The van der Waals surface area contributed by atoms with Crippen molar-refractivity contribution in [2.45, 2.75) is 64.5 Å². The molecule has 0 unspecified atom stereocenters. The maximum absolute atomic E-state index is 13.8. The van der Waals surface area contributed by atoms with Gasteiger partial charge in [-0.1, -0.05) is 25.1 Å². The molecule has 2 aromatic heterocycles. The third kappa shape index (κ3) is 9.26. The Labute approximate surface area is 273 Å². The fourth-order valence-electron chi connectivity index (χ4n) is 5.40. The zero-order valence-corrected chi connectivity index (χ0v) is 26.2. The molecule has 48 heavy (non-hydrogen) atoms. The van der Waals surface area contributed by atoms with E-state index in [0.717, 1.165) is 43.4 Å². The lowest BCUT2D eigenvalue weighted by Crippen LogP contribution is -2.31. The second-order valence-electron chi connectivity index (χ2n) is 11.9. The van der Waals surface area contributed by atoms with Gasteiger partial charge in [-0.05, 0) is 67.5 Å². The summed E-state index contributed by atoms with van der Waals surface area (Å²) in [7, 11) is 0. The fourth-order valence-corrected chi connectivity index (χ4v) is 5.40. The molecular formula is C34H35F6N5O3. The number of rotatable bonds is 15. The van der Waals surface area contributed by atoms with Crippen LogP contribution in [0.1, 0.15) is 61.4 Å². The first kappa shape index (κ1) is 34.7. The van der Waals surface area contributed by atoms with Gasteiger partial charge in [0.2, 0.25) is 5.95 Å². The number of aromatic nitrogens is 3. The van der Waals surface area contributed by atoms with Gasteiger partial charge in [-0.25, -0.2) is 15.0 Å². The van der Waals surface area contributed by atoms with Gasteiger partial charge in [-0.2, -0.15) is 26.3 Å². The van der Waals surface area contributed by atoms with Gasteiger partial charge in [-0.15, -0.1) is 0 Å². The summed E-state index contributed by atoms with van der Waals surface area (Å²) in [6.07, 6.45) is -4.14. The third-order valence-corrected chi connectivity index (χ3v) is 7.85. The van der Waals surface area contributed by atoms with Gasteiger partial charge in [0, 0.05) is 31.4 Å². The van der Waals surface area contributed by atoms with Crippen LogP contribution >= 0.6 is 0 Å². The first-order valence-electron chi connectivity index (χ1n) is 15.6. The molecule has 5 rings (SSSR count). The maximum Gasteiger partial charge on any atom is 0.416 e. The van der Waals surface area contributed by atoms with E-state index in [4.69, 9.17) is 14.8 Å². The van der Waals surface area contributed by atoms with E-state index in [1.807, 2.05) is 30.3 Å². The van der Waals surface area contributed by atoms with Crippen LogP contribution in [0.3, 0.4) is 0 Å². The van der Waals surface area contributed by atoms with E-state index in [2.05, 4.69) is 21.8 Å². The van der Waals surface area contributed by atoms with Crippen LogP contribution in [0.25, 0.3) is 10.9 Å². The van der Waals surface area contributed by atoms with Crippen molar-refractivity contribution in [1.82, 2.24) is 15.0 Å². The van der Waals surface area contributed by atoms with Crippen LogP contribution in [0.15, 0.2) is 60.9 Å². The Bertz CT molecular complexity index is 1680.